The molecule has 0 fully saturated rings. The number of carbonyl (C=O) groups is 1. The maximum Gasteiger partial charge on any atom is 0.266 e. The molecule has 0 unspecified atom stereocenters. The average Bonchev–Trinajstić information content (AvgIpc) is 2.48. The van der Waals surface area contributed by atoms with Crippen LogP contribution in [0.2, 0.25) is 0 Å². The molecule has 3 N–H and O–H groups in total. The van der Waals surface area contributed by atoms with E-state index in [2.05, 4.69) is 20.3 Å². The van der Waals surface area contributed by atoms with Gasteiger partial charge in [-0.15, -0.1) is 0 Å². The molecule has 2 aromatic rings. The van der Waals surface area contributed by atoms with Crippen molar-refractivity contribution in [2.45, 2.75) is 13.1 Å². The molecule has 2 heterocycles. The highest BCUT2D eigenvalue weighted by atomic mass is 16.2. The molecule has 0 aliphatic carbocycles. The Morgan fingerprint density at radius 2 is 2.15 bits per heavy atom. The van der Waals surface area contributed by atoms with E-state index >= 15 is 0 Å². The van der Waals surface area contributed by atoms with Crippen molar-refractivity contribution in [1.82, 2.24) is 20.3 Å². The van der Waals surface area contributed by atoms with E-state index in [9.17, 15) is 4.79 Å². The highest BCUT2D eigenvalue weighted by molar-refractivity contribution is 5.93. The molecule has 0 radical (unpaired) electrons. The lowest BCUT2D eigenvalue weighted by Gasteiger charge is -2.16. The van der Waals surface area contributed by atoms with Gasteiger partial charge in [-0.05, 0) is 30.8 Å². The molecular formula is C14H17N5O. The summed E-state index contributed by atoms with van der Waals surface area (Å²) in [5, 5.41) is 0. The van der Waals surface area contributed by atoms with E-state index in [4.69, 9.17) is 5.84 Å². The highest BCUT2D eigenvalue weighted by Crippen LogP contribution is 2.06. The summed E-state index contributed by atoms with van der Waals surface area (Å²) < 4.78 is 0. The number of nitrogens with one attached hydrogen (secondary N) is 1. The lowest BCUT2D eigenvalue weighted by molar-refractivity contribution is 0.0953. The summed E-state index contributed by atoms with van der Waals surface area (Å²) in [6.45, 7) is 1.49. The van der Waals surface area contributed by atoms with E-state index in [1.165, 1.54) is 6.20 Å². The van der Waals surface area contributed by atoms with Gasteiger partial charge in [0.05, 0.1) is 11.3 Å². The van der Waals surface area contributed by atoms with E-state index in [1.807, 2.05) is 31.4 Å². The first-order chi connectivity index (χ1) is 9.69. The lowest BCUT2D eigenvalue weighted by atomic mass is 10.2. The molecule has 0 bridgehead atoms. The van der Waals surface area contributed by atoms with Crippen molar-refractivity contribution in [3.05, 3.63) is 59.7 Å². The smallest absolute Gasteiger partial charge is 0.266 e. The van der Waals surface area contributed by atoms with Crippen molar-refractivity contribution in [3.8, 4) is 0 Å². The van der Waals surface area contributed by atoms with Crippen LogP contribution in [-0.4, -0.2) is 27.8 Å². The lowest BCUT2D eigenvalue weighted by Crippen LogP contribution is -2.30. The van der Waals surface area contributed by atoms with E-state index in [1.54, 1.807) is 12.3 Å². The fraction of sp³-hybridized carbons (Fsp3) is 0.214. The number of hydrogen-bond donors (Lipinski definition) is 2. The Labute approximate surface area is 117 Å². The number of rotatable bonds is 5. The first-order valence-electron chi connectivity index (χ1n) is 6.22. The van der Waals surface area contributed by atoms with Gasteiger partial charge in [0.1, 0.15) is 0 Å². The summed E-state index contributed by atoms with van der Waals surface area (Å²) in [5.74, 6) is 4.73. The minimum Gasteiger partial charge on any atom is -0.296 e. The molecule has 0 spiro atoms. The van der Waals surface area contributed by atoms with Crippen LogP contribution in [0.15, 0.2) is 42.9 Å². The van der Waals surface area contributed by atoms with Crippen molar-refractivity contribution in [2.75, 3.05) is 7.05 Å². The zero-order valence-electron chi connectivity index (χ0n) is 11.3. The van der Waals surface area contributed by atoms with E-state index in [-0.39, 0.29) is 5.91 Å². The van der Waals surface area contributed by atoms with Crippen LogP contribution in [0, 0.1) is 0 Å². The second kappa shape index (κ2) is 6.74. The molecule has 6 nitrogen and oxygen atoms in total. The van der Waals surface area contributed by atoms with Gasteiger partial charge in [-0.2, -0.15) is 0 Å². The van der Waals surface area contributed by atoms with Gasteiger partial charge < -0.3 is 0 Å². The summed E-state index contributed by atoms with van der Waals surface area (Å²) in [6, 6.07) is 7.49. The quantitative estimate of drug-likeness (QED) is 0.475. The second-order valence-electron chi connectivity index (χ2n) is 4.55. The number of nitrogen functional groups attached to an aromatic ring is 1. The van der Waals surface area contributed by atoms with Gasteiger partial charge in [-0.1, -0.05) is 6.07 Å². The van der Waals surface area contributed by atoms with Gasteiger partial charge in [0.25, 0.3) is 5.91 Å². The van der Waals surface area contributed by atoms with Crippen molar-refractivity contribution in [1.29, 1.82) is 0 Å². The Hall–Kier alpha value is -2.31. The largest absolute Gasteiger partial charge is 0.296 e. The Kier molecular flexibility index (Phi) is 4.75. The summed E-state index contributed by atoms with van der Waals surface area (Å²) in [7, 11) is 2.01. The molecule has 0 saturated heterocycles. The Bertz CT molecular complexity index is 556. The van der Waals surface area contributed by atoms with Gasteiger partial charge in [-0.25, -0.2) is 5.84 Å². The summed E-state index contributed by atoms with van der Waals surface area (Å²) in [5.41, 5.74) is 4.57. The molecular weight excluding hydrogens is 254 g/mol. The first kappa shape index (κ1) is 14.1. The molecule has 6 heteroatoms. The van der Waals surface area contributed by atoms with Crippen LogP contribution < -0.4 is 11.3 Å². The average molecular weight is 271 g/mol. The third-order valence-corrected chi connectivity index (χ3v) is 2.83. The zero-order valence-corrected chi connectivity index (χ0v) is 11.3. The van der Waals surface area contributed by atoms with Crippen molar-refractivity contribution < 1.29 is 4.79 Å². The molecule has 0 saturated carbocycles. The fourth-order valence-electron chi connectivity index (χ4n) is 1.87. The standard InChI is InChI=1S/C14H17N5O/c1-19(9-11-3-2-6-16-7-11)10-13-5-4-12(8-17-13)14(20)18-15/h2-8H,9-10,15H2,1H3,(H,18,20). The molecule has 2 aromatic heterocycles. The van der Waals surface area contributed by atoms with Gasteiger partial charge in [-0.3, -0.25) is 25.1 Å². The van der Waals surface area contributed by atoms with Crippen LogP contribution in [0.5, 0.6) is 0 Å². The van der Waals surface area contributed by atoms with Gasteiger partial charge in [0, 0.05) is 31.7 Å². The monoisotopic (exact) mass is 271 g/mol. The van der Waals surface area contributed by atoms with Crippen molar-refractivity contribution in [3.63, 3.8) is 0 Å². The van der Waals surface area contributed by atoms with Crippen LogP contribution in [-0.2, 0) is 13.1 Å². The number of nitrogens with two attached hydrogens (primary N) is 1. The number of nitrogens with zero attached hydrogens (tertiary/aromatic N) is 3. The number of carbonyl (C=O) groups excluding carboxylic acids is 1. The molecule has 0 aromatic carbocycles. The third kappa shape index (κ3) is 3.84. The maximum absolute atomic E-state index is 11.3. The zero-order chi connectivity index (χ0) is 14.4. The Balaban J connectivity index is 1.94. The normalized spacial score (nSPS) is 10.6. The summed E-state index contributed by atoms with van der Waals surface area (Å²) in [6.07, 6.45) is 5.13. The minimum absolute atomic E-state index is 0.340. The fourth-order valence-corrected chi connectivity index (χ4v) is 1.87. The second-order valence-corrected chi connectivity index (χ2v) is 4.55. The van der Waals surface area contributed by atoms with Crippen molar-refractivity contribution >= 4 is 5.91 Å². The van der Waals surface area contributed by atoms with Crippen LogP contribution in [0.3, 0.4) is 0 Å². The number of pyridine rings is 2. The SMILES string of the molecule is CN(Cc1cccnc1)Cc1ccc(C(=O)NN)cn1. The van der Waals surface area contributed by atoms with E-state index in [0.717, 1.165) is 17.8 Å². The predicted octanol–water partition coefficient (Wildman–Crippen LogP) is 0.712. The number of amides is 1. The van der Waals surface area contributed by atoms with Crippen LogP contribution >= 0.6 is 0 Å². The molecule has 104 valence electrons. The summed E-state index contributed by atoms with van der Waals surface area (Å²) >= 11 is 0. The van der Waals surface area contributed by atoms with Gasteiger partial charge in [0.15, 0.2) is 0 Å². The Morgan fingerprint density at radius 3 is 2.75 bits per heavy atom. The molecule has 0 aliphatic rings. The number of hydrazine groups is 1. The molecule has 2 rings (SSSR count). The molecule has 1 amide bonds. The third-order valence-electron chi connectivity index (χ3n) is 2.83. The topological polar surface area (TPSA) is 84.1 Å². The Morgan fingerprint density at radius 1 is 1.30 bits per heavy atom. The maximum atomic E-state index is 11.3. The van der Waals surface area contributed by atoms with Gasteiger partial charge >= 0.3 is 0 Å². The number of hydrogen-bond acceptors (Lipinski definition) is 5. The number of aromatic nitrogens is 2. The van der Waals surface area contributed by atoms with Crippen LogP contribution in [0.1, 0.15) is 21.6 Å². The van der Waals surface area contributed by atoms with Gasteiger partial charge in [0.2, 0.25) is 0 Å². The molecule has 0 aliphatic heterocycles. The van der Waals surface area contributed by atoms with E-state index < -0.39 is 0 Å². The first-order valence-corrected chi connectivity index (χ1v) is 6.22. The van der Waals surface area contributed by atoms with Crippen LogP contribution in [0.4, 0.5) is 0 Å². The predicted molar refractivity (Wildman–Crippen MR) is 75.3 cm³/mol. The molecule has 20 heavy (non-hydrogen) atoms. The van der Waals surface area contributed by atoms with Crippen molar-refractivity contribution in [2.24, 2.45) is 5.84 Å². The molecule has 0 atom stereocenters. The minimum atomic E-state index is -0.340. The van der Waals surface area contributed by atoms with Crippen LogP contribution in [0.25, 0.3) is 0 Å². The summed E-state index contributed by atoms with van der Waals surface area (Å²) in [4.78, 5) is 21.8. The van der Waals surface area contributed by atoms with E-state index in [0.29, 0.717) is 12.1 Å². The highest BCUT2D eigenvalue weighted by Gasteiger charge is 2.06.